The summed E-state index contributed by atoms with van der Waals surface area (Å²) < 4.78 is 0.497. The zero-order valence-corrected chi connectivity index (χ0v) is 12.6. The van der Waals surface area contributed by atoms with Crippen molar-refractivity contribution in [3.8, 4) is 12.3 Å². The van der Waals surface area contributed by atoms with Gasteiger partial charge in [-0.05, 0) is 40.9 Å². The largest absolute Gasteiger partial charge is 0.382 e. The molecule has 106 valence electrons. The molecule has 1 heterocycles. The Hall–Kier alpha value is -1.58. The van der Waals surface area contributed by atoms with Gasteiger partial charge in [-0.1, -0.05) is 5.92 Å². The van der Waals surface area contributed by atoms with Gasteiger partial charge in [0.05, 0.1) is 15.9 Å². The first-order chi connectivity index (χ1) is 9.60. The summed E-state index contributed by atoms with van der Waals surface area (Å²) in [6, 6.07) is 5.46. The fourth-order valence-electron chi connectivity index (χ4n) is 2.34. The molecule has 1 aliphatic heterocycles. The van der Waals surface area contributed by atoms with E-state index in [0.717, 1.165) is 31.6 Å². The lowest BCUT2D eigenvalue weighted by Crippen LogP contribution is -2.39. The van der Waals surface area contributed by atoms with Crippen LogP contribution < -0.4 is 5.32 Å². The summed E-state index contributed by atoms with van der Waals surface area (Å²) in [6.07, 6.45) is 7.28. The molecule has 2 rings (SSSR count). The van der Waals surface area contributed by atoms with Crippen molar-refractivity contribution in [1.29, 1.82) is 0 Å². The van der Waals surface area contributed by atoms with Crippen molar-refractivity contribution in [3.63, 3.8) is 0 Å². The molecule has 0 atom stereocenters. The number of nitrogens with zero attached hydrogens (tertiary/aromatic N) is 2. The quantitative estimate of drug-likeness (QED) is 0.521. The van der Waals surface area contributed by atoms with E-state index in [1.165, 1.54) is 0 Å². The standard InChI is InChI=1S/C14H16BrN3O2/c1-2-7-17-8-5-11(6-9-17)16-12-3-4-13(15)14(10-12)18(19)20/h1,3-4,10-11,16H,5-9H2. The SMILES string of the molecule is C#CCN1CCC(Nc2ccc(Br)c([N+](=O)[O-])c2)CC1. The van der Waals surface area contributed by atoms with Crippen molar-refractivity contribution in [2.24, 2.45) is 0 Å². The molecule has 5 nitrogen and oxygen atoms in total. The fourth-order valence-corrected chi connectivity index (χ4v) is 2.73. The predicted octanol–water partition coefficient (Wildman–Crippen LogP) is 2.87. The van der Waals surface area contributed by atoms with Gasteiger partial charge in [0.25, 0.3) is 5.69 Å². The predicted molar refractivity (Wildman–Crippen MR) is 82.7 cm³/mol. The topological polar surface area (TPSA) is 58.4 Å². The number of halogens is 1. The van der Waals surface area contributed by atoms with Gasteiger partial charge in [-0.15, -0.1) is 6.42 Å². The Morgan fingerprint density at radius 3 is 2.80 bits per heavy atom. The highest BCUT2D eigenvalue weighted by molar-refractivity contribution is 9.10. The van der Waals surface area contributed by atoms with Crippen molar-refractivity contribution in [3.05, 3.63) is 32.8 Å². The van der Waals surface area contributed by atoms with Crippen LogP contribution in [0.15, 0.2) is 22.7 Å². The highest BCUT2D eigenvalue weighted by Crippen LogP contribution is 2.28. The molecule has 0 radical (unpaired) electrons. The van der Waals surface area contributed by atoms with Gasteiger partial charge in [0.2, 0.25) is 0 Å². The number of hydrogen-bond donors (Lipinski definition) is 1. The van der Waals surface area contributed by atoms with Crippen LogP contribution in [0.2, 0.25) is 0 Å². The first-order valence-corrected chi connectivity index (χ1v) is 7.25. The molecule has 1 aromatic rings. The summed E-state index contributed by atoms with van der Waals surface area (Å²) in [5, 5.41) is 14.3. The molecule has 1 fully saturated rings. The molecule has 0 amide bonds. The molecule has 0 spiro atoms. The van der Waals surface area contributed by atoms with E-state index in [9.17, 15) is 10.1 Å². The van der Waals surface area contributed by atoms with Crippen molar-refractivity contribution >= 4 is 27.3 Å². The van der Waals surface area contributed by atoms with Crippen LogP contribution in [-0.2, 0) is 0 Å². The maximum atomic E-state index is 10.9. The number of piperidine rings is 1. The maximum Gasteiger partial charge on any atom is 0.285 e. The van der Waals surface area contributed by atoms with Crippen LogP contribution in [0.3, 0.4) is 0 Å². The molecule has 0 saturated carbocycles. The minimum Gasteiger partial charge on any atom is -0.382 e. The molecule has 6 heteroatoms. The summed E-state index contributed by atoms with van der Waals surface area (Å²) >= 11 is 3.19. The average Bonchev–Trinajstić information content (AvgIpc) is 2.43. The van der Waals surface area contributed by atoms with E-state index in [2.05, 4.69) is 32.1 Å². The van der Waals surface area contributed by atoms with Gasteiger partial charge >= 0.3 is 0 Å². The first kappa shape index (κ1) is 14.8. The lowest BCUT2D eigenvalue weighted by molar-refractivity contribution is -0.385. The van der Waals surface area contributed by atoms with E-state index >= 15 is 0 Å². The van der Waals surface area contributed by atoms with Crippen LogP contribution in [0.5, 0.6) is 0 Å². The lowest BCUT2D eigenvalue weighted by Gasteiger charge is -2.31. The Morgan fingerprint density at radius 2 is 2.20 bits per heavy atom. The molecule has 0 bridgehead atoms. The second-order valence-electron chi connectivity index (χ2n) is 4.82. The third-order valence-electron chi connectivity index (χ3n) is 3.42. The normalized spacial score (nSPS) is 16.6. The number of nitro groups is 1. The van der Waals surface area contributed by atoms with Crippen LogP contribution in [0.25, 0.3) is 0 Å². The van der Waals surface area contributed by atoms with E-state index in [1.807, 2.05) is 6.07 Å². The zero-order valence-electron chi connectivity index (χ0n) is 11.0. The third kappa shape index (κ3) is 3.71. The van der Waals surface area contributed by atoms with Crippen LogP contribution >= 0.6 is 15.9 Å². The molecule has 20 heavy (non-hydrogen) atoms. The van der Waals surface area contributed by atoms with E-state index in [-0.39, 0.29) is 10.6 Å². The Kier molecular flexibility index (Phi) is 4.99. The third-order valence-corrected chi connectivity index (χ3v) is 4.09. The monoisotopic (exact) mass is 337 g/mol. The number of likely N-dealkylation sites (tertiary alicyclic amines) is 1. The Balaban J connectivity index is 1.96. The smallest absolute Gasteiger partial charge is 0.285 e. The van der Waals surface area contributed by atoms with Crippen LogP contribution in [0.4, 0.5) is 11.4 Å². The number of nitrogens with one attached hydrogen (secondary N) is 1. The summed E-state index contributed by atoms with van der Waals surface area (Å²) in [5.41, 5.74) is 0.870. The van der Waals surface area contributed by atoms with Gasteiger partial charge in [-0.25, -0.2) is 0 Å². The van der Waals surface area contributed by atoms with Crippen LogP contribution in [0, 0.1) is 22.5 Å². The van der Waals surface area contributed by atoms with E-state index in [1.54, 1.807) is 12.1 Å². The van der Waals surface area contributed by atoms with Gasteiger partial charge in [0.15, 0.2) is 0 Å². The zero-order chi connectivity index (χ0) is 14.5. The Morgan fingerprint density at radius 1 is 1.50 bits per heavy atom. The van der Waals surface area contributed by atoms with Crippen LogP contribution in [0.1, 0.15) is 12.8 Å². The number of benzene rings is 1. The second-order valence-corrected chi connectivity index (χ2v) is 5.68. The molecular weight excluding hydrogens is 322 g/mol. The number of rotatable bonds is 4. The average molecular weight is 338 g/mol. The number of terminal acetylenes is 1. The van der Waals surface area contributed by atoms with E-state index < -0.39 is 0 Å². The number of anilines is 1. The second kappa shape index (κ2) is 6.73. The molecule has 0 aromatic heterocycles. The molecule has 1 N–H and O–H groups in total. The molecule has 0 unspecified atom stereocenters. The van der Waals surface area contributed by atoms with Gasteiger partial charge in [-0.3, -0.25) is 15.0 Å². The summed E-state index contributed by atoms with van der Waals surface area (Å²) in [6.45, 7) is 2.61. The minimum absolute atomic E-state index is 0.0831. The molecule has 1 saturated heterocycles. The summed E-state index contributed by atoms with van der Waals surface area (Å²) in [4.78, 5) is 12.8. The van der Waals surface area contributed by atoms with Crippen molar-refractivity contribution in [2.45, 2.75) is 18.9 Å². The van der Waals surface area contributed by atoms with Crippen LogP contribution in [-0.4, -0.2) is 35.5 Å². The number of hydrogen-bond acceptors (Lipinski definition) is 4. The van der Waals surface area contributed by atoms with Gasteiger partial charge < -0.3 is 5.32 Å². The molecule has 1 aromatic carbocycles. The molecular formula is C14H16BrN3O2. The highest BCUT2D eigenvalue weighted by Gasteiger charge is 2.19. The lowest BCUT2D eigenvalue weighted by atomic mass is 10.0. The number of nitro benzene ring substituents is 1. The Labute approximate surface area is 126 Å². The van der Waals surface area contributed by atoms with Crippen molar-refractivity contribution in [2.75, 3.05) is 25.0 Å². The highest BCUT2D eigenvalue weighted by atomic mass is 79.9. The fraction of sp³-hybridized carbons (Fsp3) is 0.429. The molecule has 1 aliphatic rings. The van der Waals surface area contributed by atoms with Gasteiger partial charge in [-0.2, -0.15) is 0 Å². The Bertz CT molecular complexity index is 534. The van der Waals surface area contributed by atoms with E-state index in [0.29, 0.717) is 17.1 Å². The first-order valence-electron chi connectivity index (χ1n) is 6.46. The van der Waals surface area contributed by atoms with Crippen molar-refractivity contribution < 1.29 is 4.92 Å². The maximum absolute atomic E-state index is 10.9. The minimum atomic E-state index is -0.384. The van der Waals surface area contributed by atoms with Crippen molar-refractivity contribution in [1.82, 2.24) is 4.90 Å². The van der Waals surface area contributed by atoms with E-state index in [4.69, 9.17) is 6.42 Å². The summed E-state index contributed by atoms with van der Waals surface area (Å²) in [5.74, 6) is 2.65. The van der Waals surface area contributed by atoms with Gasteiger partial charge in [0.1, 0.15) is 0 Å². The summed E-state index contributed by atoms with van der Waals surface area (Å²) in [7, 11) is 0. The van der Waals surface area contributed by atoms with Gasteiger partial charge in [0, 0.05) is 30.9 Å². The molecule has 0 aliphatic carbocycles.